The number of rotatable bonds is 7. The molecule has 7 heteroatoms. The van der Waals surface area contributed by atoms with Gasteiger partial charge in [-0.05, 0) is 49.3 Å². The van der Waals surface area contributed by atoms with Crippen LogP contribution < -0.4 is 5.32 Å². The molecule has 0 spiro atoms. The Bertz CT molecular complexity index is 760. The van der Waals surface area contributed by atoms with Crippen molar-refractivity contribution >= 4 is 17.3 Å². The van der Waals surface area contributed by atoms with Crippen LogP contribution in [-0.2, 0) is 16.0 Å². The van der Waals surface area contributed by atoms with Gasteiger partial charge in [-0.3, -0.25) is 4.98 Å². The fourth-order valence-electron chi connectivity index (χ4n) is 4.02. The molecule has 27 heavy (non-hydrogen) atoms. The van der Waals surface area contributed by atoms with Gasteiger partial charge in [-0.15, -0.1) is 0 Å². The van der Waals surface area contributed by atoms with E-state index < -0.39 is 0 Å². The van der Waals surface area contributed by atoms with E-state index in [9.17, 15) is 0 Å². The molecule has 0 saturated carbocycles. The maximum atomic E-state index is 5.89. The number of aromatic nitrogens is 2. The SMILES string of the molecule is COCCn1cccc1[C@@H]1[C@H](c2ccccn2)NC(=S)N1C[C@@H]1CCCO1. The summed E-state index contributed by atoms with van der Waals surface area (Å²) in [5, 5.41) is 4.28. The van der Waals surface area contributed by atoms with Crippen molar-refractivity contribution in [2.24, 2.45) is 0 Å². The third-order valence-electron chi connectivity index (χ3n) is 5.33. The Morgan fingerprint density at radius 3 is 3.00 bits per heavy atom. The van der Waals surface area contributed by atoms with E-state index in [-0.39, 0.29) is 18.2 Å². The van der Waals surface area contributed by atoms with Gasteiger partial charge in [0.2, 0.25) is 0 Å². The standard InChI is InChI=1S/C20H26N4O2S/c1-25-13-11-23-10-4-8-17(23)19-18(16-7-2-3-9-21-16)22-20(27)24(19)14-15-6-5-12-26-15/h2-4,7-10,15,18-19H,5-6,11-14H2,1H3,(H,22,27)/t15-,18-,19+/m0/s1. The molecular formula is C20H26N4O2S. The van der Waals surface area contributed by atoms with Gasteiger partial charge in [0, 0.05) is 44.9 Å². The average molecular weight is 387 g/mol. The summed E-state index contributed by atoms with van der Waals surface area (Å²) in [6.45, 7) is 3.13. The molecule has 2 aromatic heterocycles. The van der Waals surface area contributed by atoms with Crippen molar-refractivity contribution in [2.45, 2.75) is 37.6 Å². The molecule has 6 nitrogen and oxygen atoms in total. The van der Waals surface area contributed by atoms with Crippen molar-refractivity contribution in [3.63, 3.8) is 0 Å². The summed E-state index contributed by atoms with van der Waals surface area (Å²) in [5.74, 6) is 0. The highest BCUT2D eigenvalue weighted by Crippen LogP contribution is 2.39. The zero-order valence-corrected chi connectivity index (χ0v) is 16.4. The van der Waals surface area contributed by atoms with Crippen LogP contribution in [0.1, 0.15) is 36.3 Å². The van der Waals surface area contributed by atoms with Crippen molar-refractivity contribution in [1.82, 2.24) is 19.8 Å². The van der Waals surface area contributed by atoms with Gasteiger partial charge < -0.3 is 24.3 Å². The van der Waals surface area contributed by atoms with Crippen LogP contribution in [0.2, 0.25) is 0 Å². The van der Waals surface area contributed by atoms with Crippen LogP contribution in [0.5, 0.6) is 0 Å². The van der Waals surface area contributed by atoms with Gasteiger partial charge in [0.05, 0.1) is 30.5 Å². The maximum absolute atomic E-state index is 5.89. The van der Waals surface area contributed by atoms with E-state index in [1.165, 1.54) is 5.69 Å². The monoisotopic (exact) mass is 386 g/mol. The quantitative estimate of drug-likeness (QED) is 0.739. The molecule has 3 atom stereocenters. The molecule has 0 radical (unpaired) electrons. The molecule has 2 aliphatic heterocycles. The Hall–Kier alpha value is -1.96. The van der Waals surface area contributed by atoms with E-state index in [2.05, 4.69) is 44.2 Å². The molecule has 4 rings (SSSR count). The number of hydrogen-bond acceptors (Lipinski definition) is 4. The Kier molecular flexibility index (Phi) is 5.71. The summed E-state index contributed by atoms with van der Waals surface area (Å²) in [4.78, 5) is 6.88. The van der Waals surface area contributed by atoms with Gasteiger partial charge in [0.1, 0.15) is 0 Å². The summed E-state index contributed by atoms with van der Waals surface area (Å²) in [6.07, 6.45) is 6.39. The van der Waals surface area contributed by atoms with Crippen molar-refractivity contribution in [1.29, 1.82) is 0 Å². The minimum atomic E-state index is 0.0105. The lowest BCUT2D eigenvalue weighted by molar-refractivity contribution is 0.0831. The third kappa shape index (κ3) is 3.85. The number of pyridine rings is 1. The largest absolute Gasteiger partial charge is 0.383 e. The van der Waals surface area contributed by atoms with E-state index in [0.29, 0.717) is 6.61 Å². The highest BCUT2D eigenvalue weighted by atomic mass is 32.1. The predicted octanol–water partition coefficient (Wildman–Crippen LogP) is 2.68. The normalized spacial score (nSPS) is 25.1. The molecule has 0 bridgehead atoms. The summed E-state index contributed by atoms with van der Waals surface area (Å²) >= 11 is 5.73. The highest BCUT2D eigenvalue weighted by molar-refractivity contribution is 7.80. The number of nitrogens with zero attached hydrogens (tertiary/aromatic N) is 3. The number of thiocarbonyl (C=S) groups is 1. The van der Waals surface area contributed by atoms with Crippen molar-refractivity contribution < 1.29 is 9.47 Å². The first-order valence-corrected chi connectivity index (χ1v) is 9.92. The van der Waals surface area contributed by atoms with Crippen molar-refractivity contribution in [3.8, 4) is 0 Å². The number of methoxy groups -OCH3 is 1. The second kappa shape index (κ2) is 8.37. The van der Waals surface area contributed by atoms with Crippen LogP contribution in [0.3, 0.4) is 0 Å². The van der Waals surface area contributed by atoms with E-state index >= 15 is 0 Å². The van der Waals surface area contributed by atoms with Crippen LogP contribution >= 0.6 is 12.2 Å². The molecule has 2 aromatic rings. The predicted molar refractivity (Wildman–Crippen MR) is 107 cm³/mol. The van der Waals surface area contributed by atoms with E-state index in [1.54, 1.807) is 7.11 Å². The molecular weight excluding hydrogens is 360 g/mol. The van der Waals surface area contributed by atoms with Gasteiger partial charge >= 0.3 is 0 Å². The van der Waals surface area contributed by atoms with Gasteiger partial charge in [0.25, 0.3) is 0 Å². The molecule has 2 saturated heterocycles. The lowest BCUT2D eigenvalue weighted by atomic mass is 10.0. The number of ether oxygens (including phenoxy) is 2. The van der Waals surface area contributed by atoms with Gasteiger partial charge in [0.15, 0.2) is 5.11 Å². The van der Waals surface area contributed by atoms with Crippen LogP contribution in [0.15, 0.2) is 42.7 Å². The first kappa shape index (κ1) is 18.4. The highest BCUT2D eigenvalue weighted by Gasteiger charge is 2.42. The van der Waals surface area contributed by atoms with E-state index in [0.717, 1.165) is 43.3 Å². The minimum absolute atomic E-state index is 0.0105. The smallest absolute Gasteiger partial charge is 0.170 e. The first-order valence-electron chi connectivity index (χ1n) is 9.51. The third-order valence-corrected chi connectivity index (χ3v) is 5.68. The van der Waals surface area contributed by atoms with Crippen LogP contribution in [0.25, 0.3) is 0 Å². The maximum Gasteiger partial charge on any atom is 0.170 e. The van der Waals surface area contributed by atoms with Gasteiger partial charge in [-0.2, -0.15) is 0 Å². The van der Waals surface area contributed by atoms with Crippen LogP contribution in [-0.4, -0.2) is 52.5 Å². The van der Waals surface area contributed by atoms with Crippen LogP contribution in [0.4, 0.5) is 0 Å². The van der Waals surface area contributed by atoms with E-state index in [1.807, 2.05) is 18.3 Å². The Labute approximate surface area is 165 Å². The lowest BCUT2D eigenvalue weighted by Crippen LogP contribution is -2.37. The summed E-state index contributed by atoms with van der Waals surface area (Å²) < 4.78 is 13.4. The topological polar surface area (TPSA) is 51.5 Å². The lowest BCUT2D eigenvalue weighted by Gasteiger charge is -2.30. The molecule has 2 fully saturated rings. The van der Waals surface area contributed by atoms with Gasteiger partial charge in [-0.25, -0.2) is 0 Å². The zero-order chi connectivity index (χ0) is 18.6. The molecule has 1 N–H and O–H groups in total. The first-order chi connectivity index (χ1) is 13.3. The number of hydrogen-bond donors (Lipinski definition) is 1. The molecule has 0 aromatic carbocycles. The second-order valence-corrected chi connectivity index (χ2v) is 7.42. The fourth-order valence-corrected chi connectivity index (χ4v) is 4.34. The van der Waals surface area contributed by atoms with Crippen molar-refractivity contribution in [3.05, 3.63) is 54.1 Å². The zero-order valence-electron chi connectivity index (χ0n) is 15.6. The molecule has 2 aliphatic rings. The Balaban J connectivity index is 1.67. The Morgan fingerprint density at radius 2 is 2.26 bits per heavy atom. The van der Waals surface area contributed by atoms with Crippen molar-refractivity contribution in [2.75, 3.05) is 26.9 Å². The van der Waals surface area contributed by atoms with Crippen LogP contribution in [0, 0.1) is 0 Å². The molecule has 4 heterocycles. The minimum Gasteiger partial charge on any atom is -0.383 e. The Morgan fingerprint density at radius 1 is 1.33 bits per heavy atom. The summed E-state index contributed by atoms with van der Waals surface area (Å²) in [6, 6.07) is 10.4. The second-order valence-electron chi connectivity index (χ2n) is 7.03. The number of nitrogens with one attached hydrogen (secondary N) is 1. The fraction of sp³-hybridized carbons (Fsp3) is 0.500. The summed E-state index contributed by atoms with van der Waals surface area (Å²) in [5.41, 5.74) is 2.22. The molecule has 0 amide bonds. The average Bonchev–Trinajstić information content (AvgIpc) is 3.42. The molecule has 0 aliphatic carbocycles. The summed E-state index contributed by atoms with van der Waals surface area (Å²) in [7, 11) is 1.73. The molecule has 0 unspecified atom stereocenters. The van der Waals surface area contributed by atoms with Gasteiger partial charge in [-0.1, -0.05) is 6.07 Å². The van der Waals surface area contributed by atoms with E-state index in [4.69, 9.17) is 21.7 Å². The molecule has 144 valence electrons.